The van der Waals surface area contributed by atoms with Crippen LogP contribution in [0.2, 0.25) is 0 Å². The van der Waals surface area contributed by atoms with Gasteiger partial charge >= 0.3 is 0 Å². The van der Waals surface area contributed by atoms with Crippen LogP contribution < -0.4 is 10.1 Å². The first-order valence-electron chi connectivity index (χ1n) is 8.57. The summed E-state index contributed by atoms with van der Waals surface area (Å²) < 4.78 is 37.5. The van der Waals surface area contributed by atoms with Crippen LogP contribution in [0.25, 0.3) is 0 Å². The molecule has 0 unspecified atom stereocenters. The van der Waals surface area contributed by atoms with Gasteiger partial charge in [-0.1, -0.05) is 0 Å². The largest absolute Gasteiger partial charge is 0.496 e. The molecule has 1 aliphatic rings. The number of rotatable bonds is 7. The summed E-state index contributed by atoms with van der Waals surface area (Å²) in [5.41, 5.74) is 1.35. The molecule has 1 N–H and O–H groups in total. The minimum Gasteiger partial charge on any atom is -0.496 e. The van der Waals surface area contributed by atoms with Gasteiger partial charge in [0.05, 0.1) is 30.8 Å². The zero-order valence-corrected chi connectivity index (χ0v) is 16.6. The van der Waals surface area contributed by atoms with Crippen molar-refractivity contribution in [2.24, 2.45) is 0 Å². The SMILES string of the molecule is COc1ccc(S(=O)(=O)N2CCOCC2)cc1C(=O)NCCc1ccsc1. The van der Waals surface area contributed by atoms with Gasteiger partial charge in [-0.15, -0.1) is 0 Å². The molecule has 1 aromatic carbocycles. The lowest BCUT2D eigenvalue weighted by molar-refractivity contribution is 0.0730. The van der Waals surface area contributed by atoms with Crippen molar-refractivity contribution in [3.05, 3.63) is 46.2 Å². The van der Waals surface area contributed by atoms with Gasteiger partial charge in [0.2, 0.25) is 10.0 Å². The average molecular weight is 411 g/mol. The van der Waals surface area contributed by atoms with E-state index in [1.54, 1.807) is 11.3 Å². The molecule has 1 aromatic heterocycles. The standard InChI is InChI=1S/C18H22N2O5S2/c1-24-17-3-2-15(27(22,23)20-7-9-25-10-8-20)12-16(17)18(21)19-6-4-14-5-11-26-13-14/h2-3,5,11-13H,4,6-10H2,1H3,(H,19,21). The van der Waals surface area contributed by atoms with Gasteiger partial charge < -0.3 is 14.8 Å². The summed E-state index contributed by atoms with van der Waals surface area (Å²) in [5, 5.41) is 6.84. The van der Waals surface area contributed by atoms with Gasteiger partial charge in [-0.2, -0.15) is 15.6 Å². The van der Waals surface area contributed by atoms with Crippen molar-refractivity contribution in [3.63, 3.8) is 0 Å². The van der Waals surface area contributed by atoms with Crippen LogP contribution in [0.15, 0.2) is 39.9 Å². The lowest BCUT2D eigenvalue weighted by Gasteiger charge is -2.26. The van der Waals surface area contributed by atoms with Gasteiger partial charge in [-0.05, 0) is 47.0 Å². The average Bonchev–Trinajstić information content (AvgIpc) is 3.21. The molecule has 9 heteroatoms. The third-order valence-electron chi connectivity index (χ3n) is 4.30. The summed E-state index contributed by atoms with van der Waals surface area (Å²) in [6, 6.07) is 6.36. The van der Waals surface area contributed by atoms with Crippen LogP contribution in [0.5, 0.6) is 5.75 Å². The molecular formula is C18H22N2O5S2. The normalized spacial score (nSPS) is 15.4. The molecule has 0 aliphatic carbocycles. The minimum absolute atomic E-state index is 0.0770. The van der Waals surface area contributed by atoms with Crippen LogP contribution >= 0.6 is 11.3 Å². The molecule has 7 nitrogen and oxygen atoms in total. The summed E-state index contributed by atoms with van der Waals surface area (Å²) in [6.45, 7) is 1.79. The fourth-order valence-corrected chi connectivity index (χ4v) is 4.95. The predicted molar refractivity (Wildman–Crippen MR) is 103 cm³/mol. The smallest absolute Gasteiger partial charge is 0.255 e. The monoisotopic (exact) mass is 410 g/mol. The van der Waals surface area contributed by atoms with E-state index in [4.69, 9.17) is 9.47 Å². The molecular weight excluding hydrogens is 388 g/mol. The molecule has 3 rings (SSSR count). The summed E-state index contributed by atoms with van der Waals surface area (Å²) in [4.78, 5) is 12.7. The Morgan fingerprint density at radius 1 is 1.30 bits per heavy atom. The van der Waals surface area contributed by atoms with E-state index in [-0.39, 0.29) is 16.4 Å². The van der Waals surface area contributed by atoms with Crippen molar-refractivity contribution >= 4 is 27.3 Å². The van der Waals surface area contributed by atoms with Crippen LogP contribution in [0, 0.1) is 0 Å². The predicted octanol–water partition coefficient (Wildman–Crippen LogP) is 1.75. The van der Waals surface area contributed by atoms with E-state index in [2.05, 4.69) is 5.32 Å². The number of thiophene rings is 1. The van der Waals surface area contributed by atoms with Crippen molar-refractivity contribution in [2.45, 2.75) is 11.3 Å². The number of methoxy groups -OCH3 is 1. The Bertz CT molecular complexity index is 875. The zero-order valence-electron chi connectivity index (χ0n) is 15.0. The number of nitrogens with zero attached hydrogens (tertiary/aromatic N) is 1. The van der Waals surface area contributed by atoms with Crippen molar-refractivity contribution in [1.82, 2.24) is 9.62 Å². The van der Waals surface area contributed by atoms with E-state index in [1.165, 1.54) is 29.6 Å². The van der Waals surface area contributed by atoms with Gasteiger partial charge in [0.25, 0.3) is 5.91 Å². The van der Waals surface area contributed by atoms with Crippen LogP contribution in [0.3, 0.4) is 0 Å². The maximum atomic E-state index is 12.8. The Balaban J connectivity index is 1.77. The number of morpholine rings is 1. The molecule has 2 heterocycles. The highest BCUT2D eigenvalue weighted by Crippen LogP contribution is 2.25. The molecule has 0 atom stereocenters. The maximum absolute atomic E-state index is 12.8. The highest BCUT2D eigenvalue weighted by Gasteiger charge is 2.28. The third-order valence-corrected chi connectivity index (χ3v) is 6.93. The molecule has 1 fully saturated rings. The zero-order chi connectivity index (χ0) is 19.3. The fourth-order valence-electron chi connectivity index (χ4n) is 2.81. The number of sulfonamides is 1. The van der Waals surface area contributed by atoms with E-state index in [1.807, 2.05) is 16.8 Å². The maximum Gasteiger partial charge on any atom is 0.255 e. The molecule has 0 radical (unpaired) electrons. The van der Waals surface area contributed by atoms with Crippen LogP contribution in [0.1, 0.15) is 15.9 Å². The van der Waals surface area contributed by atoms with E-state index < -0.39 is 10.0 Å². The fraction of sp³-hybridized carbons (Fsp3) is 0.389. The number of carbonyl (C=O) groups excluding carboxylic acids is 1. The quantitative estimate of drug-likeness (QED) is 0.752. The van der Waals surface area contributed by atoms with Gasteiger partial charge in [-0.3, -0.25) is 4.79 Å². The number of benzene rings is 1. The van der Waals surface area contributed by atoms with Gasteiger partial charge in [0, 0.05) is 19.6 Å². The molecule has 2 aromatic rings. The number of hydrogen-bond acceptors (Lipinski definition) is 6. The summed E-state index contributed by atoms with van der Waals surface area (Å²) in [7, 11) is -2.23. The third kappa shape index (κ3) is 4.67. The number of hydrogen-bond donors (Lipinski definition) is 1. The van der Waals surface area contributed by atoms with Crippen LogP contribution in [-0.4, -0.2) is 58.6 Å². The first-order chi connectivity index (χ1) is 13.0. The van der Waals surface area contributed by atoms with E-state index in [9.17, 15) is 13.2 Å². The van der Waals surface area contributed by atoms with E-state index >= 15 is 0 Å². The van der Waals surface area contributed by atoms with Gasteiger partial charge in [0.15, 0.2) is 0 Å². The molecule has 1 aliphatic heterocycles. The number of carbonyl (C=O) groups is 1. The molecule has 146 valence electrons. The topological polar surface area (TPSA) is 84.9 Å². The molecule has 1 saturated heterocycles. The number of ether oxygens (including phenoxy) is 2. The van der Waals surface area contributed by atoms with Crippen LogP contribution in [-0.2, 0) is 21.2 Å². The second-order valence-electron chi connectivity index (χ2n) is 6.02. The highest BCUT2D eigenvalue weighted by atomic mass is 32.2. The first kappa shape index (κ1) is 19.8. The van der Waals surface area contributed by atoms with Crippen molar-refractivity contribution in [1.29, 1.82) is 0 Å². The van der Waals surface area contributed by atoms with Crippen molar-refractivity contribution in [3.8, 4) is 5.75 Å². The van der Waals surface area contributed by atoms with Crippen molar-refractivity contribution < 1.29 is 22.7 Å². The Labute approximate surface area is 163 Å². The summed E-state index contributed by atoms with van der Waals surface area (Å²) >= 11 is 1.61. The Morgan fingerprint density at radius 3 is 2.74 bits per heavy atom. The van der Waals surface area contributed by atoms with Gasteiger partial charge in [0.1, 0.15) is 5.75 Å². The number of amides is 1. The second kappa shape index (κ2) is 8.83. The number of nitrogens with one attached hydrogen (secondary N) is 1. The lowest BCUT2D eigenvalue weighted by atomic mass is 10.2. The molecule has 0 saturated carbocycles. The Morgan fingerprint density at radius 2 is 2.07 bits per heavy atom. The van der Waals surface area contributed by atoms with Gasteiger partial charge in [-0.25, -0.2) is 8.42 Å². The molecule has 0 spiro atoms. The summed E-state index contributed by atoms with van der Waals surface area (Å²) in [6.07, 6.45) is 0.712. The highest BCUT2D eigenvalue weighted by molar-refractivity contribution is 7.89. The van der Waals surface area contributed by atoms with Crippen LogP contribution in [0.4, 0.5) is 0 Å². The Hall–Kier alpha value is -1.94. The first-order valence-corrected chi connectivity index (χ1v) is 11.0. The molecule has 0 bridgehead atoms. The minimum atomic E-state index is -3.68. The van der Waals surface area contributed by atoms with E-state index in [0.29, 0.717) is 45.0 Å². The Kier molecular flexibility index (Phi) is 6.48. The van der Waals surface area contributed by atoms with Crippen molar-refractivity contribution in [2.75, 3.05) is 40.0 Å². The van der Waals surface area contributed by atoms with E-state index in [0.717, 1.165) is 5.56 Å². The molecule has 1 amide bonds. The molecule has 27 heavy (non-hydrogen) atoms. The second-order valence-corrected chi connectivity index (χ2v) is 8.73. The lowest BCUT2D eigenvalue weighted by Crippen LogP contribution is -2.40. The summed E-state index contributed by atoms with van der Waals surface area (Å²) in [5.74, 6) is -0.0231.